The van der Waals surface area contributed by atoms with E-state index in [9.17, 15) is 0 Å². The highest BCUT2D eigenvalue weighted by Crippen LogP contribution is 2.23. The van der Waals surface area contributed by atoms with E-state index in [-0.39, 0.29) is 0 Å². The molecule has 1 aromatic rings. The summed E-state index contributed by atoms with van der Waals surface area (Å²) < 4.78 is 2.21. The first-order chi connectivity index (χ1) is 7.09. The second-order valence-corrected chi connectivity index (χ2v) is 4.78. The molecule has 84 valence electrons. The van der Waals surface area contributed by atoms with Gasteiger partial charge < -0.3 is 5.32 Å². The summed E-state index contributed by atoms with van der Waals surface area (Å²) in [6.07, 6.45) is 2.50. The van der Waals surface area contributed by atoms with E-state index in [4.69, 9.17) is 0 Å². The van der Waals surface area contributed by atoms with Crippen LogP contribution in [0.2, 0.25) is 0 Å². The molecule has 0 bridgehead atoms. The number of piperidine rings is 1. The maximum Gasteiger partial charge on any atom is 0.0647 e. The average molecular weight is 207 g/mol. The Morgan fingerprint density at radius 2 is 2.00 bits per heavy atom. The fourth-order valence-corrected chi connectivity index (χ4v) is 2.29. The van der Waals surface area contributed by atoms with Crippen molar-refractivity contribution < 1.29 is 0 Å². The van der Waals surface area contributed by atoms with Crippen LogP contribution in [0.25, 0.3) is 0 Å². The minimum atomic E-state index is 0.550. The summed E-state index contributed by atoms with van der Waals surface area (Å²) in [6, 6.07) is 1.22. The van der Waals surface area contributed by atoms with Crippen molar-refractivity contribution in [1.29, 1.82) is 0 Å². The van der Waals surface area contributed by atoms with Gasteiger partial charge in [-0.2, -0.15) is 5.10 Å². The van der Waals surface area contributed by atoms with Crippen molar-refractivity contribution >= 4 is 0 Å². The zero-order chi connectivity index (χ0) is 11.0. The zero-order valence-electron chi connectivity index (χ0n) is 10.2. The van der Waals surface area contributed by atoms with Crippen LogP contribution < -0.4 is 5.32 Å². The third kappa shape index (κ3) is 1.93. The van der Waals surface area contributed by atoms with Gasteiger partial charge in [-0.05, 0) is 46.1 Å². The van der Waals surface area contributed by atoms with Gasteiger partial charge in [0, 0.05) is 18.3 Å². The standard InChI is InChI=1S/C12H21N3/c1-8-5-6-12(7-13-8)15-11(4)9(2)10(3)14-15/h8,12-13H,5-7H2,1-4H3. The Hall–Kier alpha value is -0.830. The lowest BCUT2D eigenvalue weighted by molar-refractivity contribution is 0.299. The van der Waals surface area contributed by atoms with Crippen LogP contribution in [0.3, 0.4) is 0 Å². The van der Waals surface area contributed by atoms with Gasteiger partial charge in [-0.25, -0.2) is 0 Å². The molecule has 1 aliphatic heterocycles. The van der Waals surface area contributed by atoms with E-state index in [2.05, 4.69) is 42.8 Å². The molecular formula is C12H21N3. The van der Waals surface area contributed by atoms with Crippen LogP contribution in [0.5, 0.6) is 0 Å². The van der Waals surface area contributed by atoms with Crippen LogP contribution >= 0.6 is 0 Å². The lowest BCUT2D eigenvalue weighted by Crippen LogP contribution is -2.38. The maximum absolute atomic E-state index is 4.64. The second-order valence-electron chi connectivity index (χ2n) is 4.78. The van der Waals surface area contributed by atoms with Gasteiger partial charge >= 0.3 is 0 Å². The number of nitrogens with one attached hydrogen (secondary N) is 1. The van der Waals surface area contributed by atoms with Crippen molar-refractivity contribution in [3.8, 4) is 0 Å². The number of aromatic nitrogens is 2. The van der Waals surface area contributed by atoms with E-state index in [0.717, 1.165) is 6.54 Å². The van der Waals surface area contributed by atoms with E-state index >= 15 is 0 Å². The molecule has 1 aliphatic rings. The summed E-state index contributed by atoms with van der Waals surface area (Å²) in [5, 5.41) is 8.16. The Morgan fingerprint density at radius 3 is 2.47 bits per heavy atom. The van der Waals surface area contributed by atoms with E-state index in [1.165, 1.54) is 29.8 Å². The minimum Gasteiger partial charge on any atom is -0.312 e. The summed E-state index contributed by atoms with van der Waals surface area (Å²) in [4.78, 5) is 0. The van der Waals surface area contributed by atoms with Crippen LogP contribution in [0.1, 0.15) is 42.8 Å². The lowest BCUT2D eigenvalue weighted by Gasteiger charge is -2.28. The van der Waals surface area contributed by atoms with E-state index in [0.29, 0.717) is 12.1 Å². The molecule has 2 rings (SSSR count). The monoisotopic (exact) mass is 207 g/mol. The Morgan fingerprint density at radius 1 is 1.27 bits per heavy atom. The number of nitrogens with zero attached hydrogens (tertiary/aromatic N) is 2. The summed E-state index contributed by atoms with van der Waals surface area (Å²) in [5.74, 6) is 0. The van der Waals surface area contributed by atoms with Gasteiger partial charge in [0.25, 0.3) is 0 Å². The van der Waals surface area contributed by atoms with Crippen molar-refractivity contribution in [3.05, 3.63) is 17.0 Å². The van der Waals surface area contributed by atoms with Gasteiger partial charge in [-0.3, -0.25) is 4.68 Å². The molecule has 1 N–H and O–H groups in total. The Labute approximate surface area is 91.9 Å². The third-order valence-corrected chi connectivity index (χ3v) is 3.67. The molecule has 0 radical (unpaired) electrons. The third-order valence-electron chi connectivity index (χ3n) is 3.67. The SMILES string of the molecule is Cc1nn(C2CCC(C)NC2)c(C)c1C. The van der Waals surface area contributed by atoms with E-state index < -0.39 is 0 Å². The van der Waals surface area contributed by atoms with Crippen LogP contribution in [-0.4, -0.2) is 22.4 Å². The average Bonchev–Trinajstić information content (AvgIpc) is 2.47. The van der Waals surface area contributed by atoms with Gasteiger partial charge in [0.15, 0.2) is 0 Å². The van der Waals surface area contributed by atoms with Gasteiger partial charge in [0.1, 0.15) is 0 Å². The molecule has 1 aromatic heterocycles. The smallest absolute Gasteiger partial charge is 0.0647 e. The summed E-state index contributed by atoms with van der Waals surface area (Å²) >= 11 is 0. The first-order valence-electron chi connectivity index (χ1n) is 5.85. The van der Waals surface area contributed by atoms with Crippen LogP contribution in [0, 0.1) is 20.8 Å². The molecule has 0 spiro atoms. The molecule has 0 aromatic carbocycles. The highest BCUT2D eigenvalue weighted by atomic mass is 15.3. The largest absolute Gasteiger partial charge is 0.312 e. The molecule has 3 heteroatoms. The van der Waals surface area contributed by atoms with Crippen molar-refractivity contribution in [3.63, 3.8) is 0 Å². The molecular weight excluding hydrogens is 186 g/mol. The molecule has 2 unspecified atom stereocenters. The Kier molecular flexibility index (Phi) is 2.83. The lowest BCUT2D eigenvalue weighted by atomic mass is 10.0. The highest BCUT2D eigenvalue weighted by molar-refractivity contribution is 5.22. The Bertz CT molecular complexity index is 346. The fourth-order valence-electron chi connectivity index (χ4n) is 2.29. The van der Waals surface area contributed by atoms with E-state index in [1.807, 2.05) is 0 Å². The van der Waals surface area contributed by atoms with Crippen LogP contribution in [0.4, 0.5) is 0 Å². The molecule has 1 saturated heterocycles. The quantitative estimate of drug-likeness (QED) is 0.764. The van der Waals surface area contributed by atoms with Gasteiger partial charge in [0.05, 0.1) is 11.7 Å². The first-order valence-corrected chi connectivity index (χ1v) is 5.85. The molecule has 0 amide bonds. The molecule has 2 atom stereocenters. The van der Waals surface area contributed by atoms with Crippen molar-refractivity contribution in [2.24, 2.45) is 0 Å². The summed E-state index contributed by atoms with van der Waals surface area (Å²) in [7, 11) is 0. The summed E-state index contributed by atoms with van der Waals surface area (Å²) in [5.41, 5.74) is 3.84. The topological polar surface area (TPSA) is 29.9 Å². The molecule has 3 nitrogen and oxygen atoms in total. The predicted octanol–water partition coefficient (Wildman–Crippen LogP) is 2.12. The maximum atomic E-state index is 4.64. The first kappa shape index (κ1) is 10.7. The van der Waals surface area contributed by atoms with Crippen molar-refractivity contribution in [1.82, 2.24) is 15.1 Å². The van der Waals surface area contributed by atoms with E-state index in [1.54, 1.807) is 0 Å². The van der Waals surface area contributed by atoms with Crippen LogP contribution in [0.15, 0.2) is 0 Å². The molecule has 0 aliphatic carbocycles. The number of hydrogen-bond donors (Lipinski definition) is 1. The fraction of sp³-hybridized carbons (Fsp3) is 0.750. The normalized spacial score (nSPS) is 26.9. The zero-order valence-corrected chi connectivity index (χ0v) is 10.2. The number of hydrogen-bond acceptors (Lipinski definition) is 2. The number of rotatable bonds is 1. The summed E-state index contributed by atoms with van der Waals surface area (Å²) in [6.45, 7) is 9.74. The molecule has 15 heavy (non-hydrogen) atoms. The predicted molar refractivity (Wildman–Crippen MR) is 62.2 cm³/mol. The molecule has 0 saturated carbocycles. The second kappa shape index (κ2) is 3.97. The van der Waals surface area contributed by atoms with Crippen LogP contribution in [-0.2, 0) is 0 Å². The van der Waals surface area contributed by atoms with Crippen molar-refractivity contribution in [2.45, 2.75) is 52.6 Å². The van der Waals surface area contributed by atoms with Gasteiger partial charge in [-0.15, -0.1) is 0 Å². The highest BCUT2D eigenvalue weighted by Gasteiger charge is 2.21. The van der Waals surface area contributed by atoms with Crippen molar-refractivity contribution in [2.75, 3.05) is 6.54 Å². The number of aryl methyl sites for hydroxylation is 1. The minimum absolute atomic E-state index is 0.550. The molecule has 1 fully saturated rings. The van der Waals surface area contributed by atoms with Gasteiger partial charge in [0.2, 0.25) is 0 Å². The van der Waals surface area contributed by atoms with Gasteiger partial charge in [-0.1, -0.05) is 0 Å². The Balaban J connectivity index is 2.19. The molecule has 2 heterocycles.